The molecule has 0 aliphatic carbocycles. The number of aromatic amines is 1. The zero-order valence-corrected chi connectivity index (χ0v) is 15.8. The maximum atomic E-state index is 13.8. The Morgan fingerprint density at radius 3 is 2.79 bits per heavy atom. The van der Waals surface area contributed by atoms with Crippen molar-refractivity contribution in [2.75, 3.05) is 13.1 Å². The Morgan fingerprint density at radius 1 is 1.18 bits per heavy atom. The van der Waals surface area contributed by atoms with Crippen molar-refractivity contribution in [1.82, 2.24) is 14.9 Å². The molecule has 5 nitrogen and oxygen atoms in total. The van der Waals surface area contributed by atoms with Gasteiger partial charge in [0.2, 0.25) is 0 Å². The van der Waals surface area contributed by atoms with Gasteiger partial charge in [-0.25, -0.2) is 4.39 Å². The first-order valence-corrected chi connectivity index (χ1v) is 10.1. The molecule has 1 aliphatic rings. The highest BCUT2D eigenvalue weighted by Crippen LogP contribution is 2.31. The Labute approximate surface area is 164 Å². The van der Waals surface area contributed by atoms with Crippen LogP contribution in [0.25, 0.3) is 21.1 Å². The van der Waals surface area contributed by atoms with Gasteiger partial charge in [-0.15, -0.1) is 0 Å². The Hall–Kier alpha value is -2.93. The molecule has 1 saturated heterocycles. The van der Waals surface area contributed by atoms with E-state index >= 15 is 0 Å². The number of nitrogens with one attached hydrogen (secondary N) is 1. The number of rotatable bonds is 3. The van der Waals surface area contributed by atoms with Crippen LogP contribution in [0.5, 0.6) is 5.19 Å². The Kier molecular flexibility index (Phi) is 4.24. The summed E-state index contributed by atoms with van der Waals surface area (Å²) in [4.78, 5) is 22.1. The summed E-state index contributed by atoms with van der Waals surface area (Å²) in [6, 6.07) is 14.7. The van der Waals surface area contributed by atoms with Gasteiger partial charge in [-0.05, 0) is 24.3 Å². The lowest BCUT2D eigenvalue weighted by molar-refractivity contribution is 0.0591. The highest BCUT2D eigenvalue weighted by Gasteiger charge is 2.26. The predicted molar refractivity (Wildman–Crippen MR) is 107 cm³/mol. The minimum absolute atomic E-state index is 0.0108. The fourth-order valence-electron chi connectivity index (χ4n) is 3.62. The summed E-state index contributed by atoms with van der Waals surface area (Å²) < 4.78 is 20.5. The number of thiazole rings is 1. The SMILES string of the molecule is O=C(c1cc2ccccc2[nH]1)N1CCC(Oc2nc3c(F)cccc3s2)CC1. The fourth-order valence-corrected chi connectivity index (χ4v) is 4.52. The number of carbonyl (C=O) groups excluding carboxylic acids is 1. The van der Waals surface area contributed by atoms with E-state index in [1.807, 2.05) is 41.3 Å². The van der Waals surface area contributed by atoms with Crippen LogP contribution in [0.2, 0.25) is 0 Å². The molecular formula is C21H18FN3O2S. The largest absolute Gasteiger partial charge is 0.467 e. The Morgan fingerprint density at radius 2 is 2.00 bits per heavy atom. The first kappa shape index (κ1) is 17.2. The molecule has 0 saturated carbocycles. The van der Waals surface area contributed by atoms with Crippen LogP contribution in [0.3, 0.4) is 0 Å². The summed E-state index contributed by atoms with van der Waals surface area (Å²) in [5, 5.41) is 1.52. The van der Waals surface area contributed by atoms with E-state index in [0.717, 1.165) is 28.4 Å². The third-order valence-corrected chi connectivity index (χ3v) is 6.02. The van der Waals surface area contributed by atoms with Crippen LogP contribution < -0.4 is 4.74 Å². The van der Waals surface area contributed by atoms with E-state index < -0.39 is 0 Å². The normalized spacial score (nSPS) is 15.4. The van der Waals surface area contributed by atoms with Crippen LogP contribution in [0, 0.1) is 5.82 Å². The Bertz CT molecular complexity index is 1130. The molecule has 1 N–H and O–H groups in total. The van der Waals surface area contributed by atoms with Gasteiger partial charge in [-0.3, -0.25) is 4.79 Å². The number of ether oxygens (including phenoxy) is 1. The highest BCUT2D eigenvalue weighted by molar-refractivity contribution is 7.20. The molecule has 4 aromatic rings. The van der Waals surface area contributed by atoms with Gasteiger partial charge >= 0.3 is 0 Å². The molecule has 5 rings (SSSR count). The van der Waals surface area contributed by atoms with Gasteiger partial charge in [-0.1, -0.05) is 35.6 Å². The van der Waals surface area contributed by atoms with E-state index in [-0.39, 0.29) is 17.8 Å². The van der Waals surface area contributed by atoms with Crippen LogP contribution in [0.4, 0.5) is 4.39 Å². The molecule has 2 aromatic heterocycles. The smallest absolute Gasteiger partial charge is 0.274 e. The number of piperidine rings is 1. The fraction of sp³-hybridized carbons (Fsp3) is 0.238. The first-order valence-electron chi connectivity index (χ1n) is 9.26. The van der Waals surface area contributed by atoms with E-state index in [0.29, 0.717) is 29.5 Å². The maximum Gasteiger partial charge on any atom is 0.274 e. The number of hydrogen-bond acceptors (Lipinski definition) is 4. The molecule has 0 spiro atoms. The number of hydrogen-bond donors (Lipinski definition) is 1. The van der Waals surface area contributed by atoms with Gasteiger partial charge < -0.3 is 14.6 Å². The van der Waals surface area contributed by atoms with E-state index in [1.54, 1.807) is 6.07 Å². The molecule has 142 valence electrons. The van der Waals surface area contributed by atoms with E-state index in [9.17, 15) is 9.18 Å². The molecule has 0 unspecified atom stereocenters. The topological polar surface area (TPSA) is 58.2 Å². The number of benzene rings is 2. The summed E-state index contributed by atoms with van der Waals surface area (Å²) in [6.07, 6.45) is 1.43. The van der Waals surface area contributed by atoms with Gasteiger partial charge in [0, 0.05) is 36.8 Å². The van der Waals surface area contributed by atoms with Gasteiger partial charge in [0.15, 0.2) is 0 Å². The van der Waals surface area contributed by atoms with Gasteiger partial charge in [0.1, 0.15) is 23.1 Å². The van der Waals surface area contributed by atoms with Gasteiger partial charge in [0.05, 0.1) is 4.70 Å². The predicted octanol–water partition coefficient (Wildman–Crippen LogP) is 4.60. The summed E-state index contributed by atoms with van der Waals surface area (Å²) in [6.45, 7) is 1.25. The molecular weight excluding hydrogens is 377 g/mol. The second-order valence-corrected chi connectivity index (χ2v) is 7.94. The number of likely N-dealkylation sites (tertiary alicyclic amines) is 1. The summed E-state index contributed by atoms with van der Waals surface area (Å²) in [5.41, 5.74) is 1.93. The van der Waals surface area contributed by atoms with Crippen molar-refractivity contribution in [3.8, 4) is 5.19 Å². The third kappa shape index (κ3) is 3.11. The van der Waals surface area contributed by atoms with Crippen LogP contribution in [-0.2, 0) is 0 Å². The molecule has 1 fully saturated rings. The van der Waals surface area contributed by atoms with E-state index in [1.165, 1.54) is 17.4 Å². The highest BCUT2D eigenvalue weighted by atomic mass is 32.1. The first-order chi connectivity index (χ1) is 13.7. The lowest BCUT2D eigenvalue weighted by Crippen LogP contribution is -2.41. The van der Waals surface area contributed by atoms with Crippen LogP contribution in [0.15, 0.2) is 48.5 Å². The summed E-state index contributed by atoms with van der Waals surface area (Å²) in [5.74, 6) is -0.320. The molecule has 3 heterocycles. The number of halogens is 1. The molecule has 0 atom stereocenters. The number of para-hydroxylation sites is 2. The lowest BCUT2D eigenvalue weighted by Gasteiger charge is -2.31. The molecule has 1 amide bonds. The van der Waals surface area contributed by atoms with Crippen LogP contribution in [-0.4, -0.2) is 40.0 Å². The van der Waals surface area contributed by atoms with Crippen molar-refractivity contribution in [3.05, 3.63) is 60.0 Å². The number of fused-ring (bicyclic) bond motifs is 2. The number of amides is 1. The maximum absolute atomic E-state index is 13.8. The van der Waals surface area contributed by atoms with Crippen molar-refractivity contribution in [2.45, 2.75) is 18.9 Å². The van der Waals surface area contributed by atoms with E-state index in [4.69, 9.17) is 4.74 Å². The molecule has 0 radical (unpaired) electrons. The zero-order chi connectivity index (χ0) is 19.1. The number of H-pyrrole nitrogens is 1. The monoisotopic (exact) mass is 395 g/mol. The minimum Gasteiger partial charge on any atom is -0.467 e. The van der Waals surface area contributed by atoms with Crippen molar-refractivity contribution < 1.29 is 13.9 Å². The number of aromatic nitrogens is 2. The Balaban J connectivity index is 1.24. The quantitative estimate of drug-likeness (QED) is 0.552. The average Bonchev–Trinajstić information content (AvgIpc) is 3.32. The van der Waals surface area contributed by atoms with Gasteiger partial charge in [-0.2, -0.15) is 4.98 Å². The third-order valence-electron chi connectivity index (χ3n) is 5.11. The standard InChI is InChI=1S/C21H18FN3O2S/c22-15-5-3-7-18-19(15)24-21(28-18)27-14-8-10-25(11-9-14)20(26)17-12-13-4-1-2-6-16(13)23-17/h1-7,12,14,23H,8-11H2. The summed E-state index contributed by atoms with van der Waals surface area (Å²) in [7, 11) is 0. The number of nitrogens with zero attached hydrogens (tertiary/aromatic N) is 2. The van der Waals surface area contributed by atoms with Gasteiger partial charge in [0.25, 0.3) is 11.1 Å². The van der Waals surface area contributed by atoms with Crippen molar-refractivity contribution in [1.29, 1.82) is 0 Å². The minimum atomic E-state index is -0.331. The van der Waals surface area contributed by atoms with Crippen LogP contribution >= 0.6 is 11.3 Å². The zero-order valence-electron chi connectivity index (χ0n) is 15.0. The van der Waals surface area contributed by atoms with Crippen molar-refractivity contribution in [2.24, 2.45) is 0 Å². The molecule has 1 aliphatic heterocycles. The summed E-state index contributed by atoms with van der Waals surface area (Å²) >= 11 is 1.35. The molecule has 2 aromatic carbocycles. The average molecular weight is 395 g/mol. The van der Waals surface area contributed by atoms with Crippen molar-refractivity contribution in [3.63, 3.8) is 0 Å². The molecule has 7 heteroatoms. The second kappa shape index (κ2) is 6.91. The van der Waals surface area contributed by atoms with Crippen molar-refractivity contribution >= 4 is 38.4 Å². The number of carbonyl (C=O) groups is 1. The molecule has 0 bridgehead atoms. The second-order valence-electron chi connectivity index (χ2n) is 6.95. The molecule has 28 heavy (non-hydrogen) atoms. The van der Waals surface area contributed by atoms with Crippen LogP contribution in [0.1, 0.15) is 23.3 Å². The van der Waals surface area contributed by atoms with E-state index in [2.05, 4.69) is 9.97 Å². The lowest BCUT2D eigenvalue weighted by atomic mass is 10.1.